The van der Waals surface area contributed by atoms with Crippen LogP contribution in [0.25, 0.3) is 0 Å². The number of pyridine rings is 1. The van der Waals surface area contributed by atoms with E-state index in [9.17, 15) is 17.6 Å². The van der Waals surface area contributed by atoms with Gasteiger partial charge >= 0.3 is 6.18 Å². The first-order valence-electron chi connectivity index (χ1n) is 5.67. The van der Waals surface area contributed by atoms with Gasteiger partial charge in [-0.25, -0.2) is 4.39 Å². The molecule has 0 unspecified atom stereocenters. The van der Waals surface area contributed by atoms with Gasteiger partial charge in [0.15, 0.2) is 0 Å². The predicted octanol–water partition coefficient (Wildman–Crippen LogP) is 3.80. The van der Waals surface area contributed by atoms with Crippen LogP contribution >= 0.6 is 0 Å². The Morgan fingerprint density at radius 3 is 2.38 bits per heavy atom. The highest BCUT2D eigenvalue weighted by molar-refractivity contribution is 5.89. The smallest absolute Gasteiger partial charge is 0.410 e. The zero-order valence-electron chi connectivity index (χ0n) is 10.4. The molecular weight excluding hydrogens is 290 g/mol. The molecule has 0 aliphatic carbocycles. The quantitative estimate of drug-likeness (QED) is 0.308. The van der Waals surface area contributed by atoms with E-state index < -0.39 is 23.2 Å². The standard InChI is InChI=1S/C13H9F4N3O/c14-11-2-1-9(13(15,16)17)7-12(11)20(8-19-21)10-3-5-18-6-4-10/h1-8,21H. The van der Waals surface area contributed by atoms with E-state index in [4.69, 9.17) is 5.21 Å². The van der Waals surface area contributed by atoms with Gasteiger partial charge in [0, 0.05) is 12.4 Å². The van der Waals surface area contributed by atoms with E-state index in [-0.39, 0.29) is 0 Å². The van der Waals surface area contributed by atoms with Crippen LogP contribution in [0.4, 0.5) is 28.9 Å². The first-order chi connectivity index (χ1) is 9.93. The molecule has 0 saturated carbocycles. The summed E-state index contributed by atoms with van der Waals surface area (Å²) in [5.41, 5.74) is -1.11. The maximum absolute atomic E-state index is 13.8. The van der Waals surface area contributed by atoms with E-state index in [1.807, 2.05) is 0 Å². The number of benzene rings is 1. The number of rotatable bonds is 3. The normalized spacial score (nSPS) is 11.8. The molecule has 0 aliphatic rings. The third kappa shape index (κ3) is 3.28. The molecule has 0 aliphatic heterocycles. The molecule has 2 rings (SSSR count). The van der Waals surface area contributed by atoms with Gasteiger partial charge in [0.1, 0.15) is 12.2 Å². The van der Waals surface area contributed by atoms with Crippen molar-refractivity contribution in [2.45, 2.75) is 6.18 Å². The van der Waals surface area contributed by atoms with E-state index in [1.165, 1.54) is 24.5 Å². The van der Waals surface area contributed by atoms with Crippen molar-refractivity contribution in [2.24, 2.45) is 5.16 Å². The van der Waals surface area contributed by atoms with E-state index in [0.717, 1.165) is 11.2 Å². The molecule has 1 aromatic carbocycles. The van der Waals surface area contributed by atoms with Crippen molar-refractivity contribution in [3.05, 3.63) is 54.1 Å². The van der Waals surface area contributed by atoms with Crippen molar-refractivity contribution in [1.82, 2.24) is 4.98 Å². The van der Waals surface area contributed by atoms with Gasteiger partial charge in [-0.05, 0) is 30.3 Å². The second-order valence-corrected chi connectivity index (χ2v) is 3.97. The Balaban J connectivity index is 2.55. The van der Waals surface area contributed by atoms with Crippen molar-refractivity contribution >= 4 is 17.7 Å². The number of halogens is 4. The lowest BCUT2D eigenvalue weighted by Crippen LogP contribution is -2.17. The summed E-state index contributed by atoms with van der Waals surface area (Å²) in [6.07, 6.45) is -1.06. The topological polar surface area (TPSA) is 48.7 Å². The zero-order valence-corrected chi connectivity index (χ0v) is 10.4. The molecule has 1 aromatic heterocycles. The minimum absolute atomic E-state index is 0.293. The fourth-order valence-electron chi connectivity index (χ4n) is 1.70. The second kappa shape index (κ2) is 5.78. The lowest BCUT2D eigenvalue weighted by molar-refractivity contribution is -0.137. The molecule has 4 nitrogen and oxygen atoms in total. The van der Waals surface area contributed by atoms with Gasteiger partial charge in [-0.2, -0.15) is 13.2 Å². The second-order valence-electron chi connectivity index (χ2n) is 3.97. The zero-order chi connectivity index (χ0) is 15.5. The lowest BCUT2D eigenvalue weighted by Gasteiger charge is -2.20. The van der Waals surface area contributed by atoms with E-state index in [0.29, 0.717) is 23.9 Å². The SMILES string of the molecule is ON=CN(c1ccncc1)c1cc(C(F)(F)F)ccc1F. The third-order valence-corrected chi connectivity index (χ3v) is 2.64. The van der Waals surface area contributed by atoms with Crippen molar-refractivity contribution < 1.29 is 22.8 Å². The van der Waals surface area contributed by atoms with Gasteiger partial charge in [-0.15, -0.1) is 0 Å². The highest BCUT2D eigenvalue weighted by Crippen LogP contribution is 2.34. The summed E-state index contributed by atoms with van der Waals surface area (Å²) in [7, 11) is 0. The maximum Gasteiger partial charge on any atom is 0.416 e. The summed E-state index contributed by atoms with van der Waals surface area (Å²) >= 11 is 0. The predicted molar refractivity (Wildman–Crippen MR) is 68.1 cm³/mol. The number of anilines is 2. The molecule has 0 atom stereocenters. The molecule has 1 N–H and O–H groups in total. The van der Waals surface area contributed by atoms with Gasteiger partial charge in [0.05, 0.1) is 16.9 Å². The van der Waals surface area contributed by atoms with Crippen molar-refractivity contribution in [1.29, 1.82) is 0 Å². The van der Waals surface area contributed by atoms with Crippen LogP contribution in [0.1, 0.15) is 5.56 Å². The number of hydrogen-bond acceptors (Lipinski definition) is 3. The summed E-state index contributed by atoms with van der Waals surface area (Å²) in [5.74, 6) is -0.889. The van der Waals surface area contributed by atoms with Crippen LogP contribution < -0.4 is 4.90 Å². The molecule has 0 amide bonds. The molecule has 0 saturated heterocycles. The Morgan fingerprint density at radius 2 is 1.81 bits per heavy atom. The largest absolute Gasteiger partial charge is 0.416 e. The van der Waals surface area contributed by atoms with Gasteiger partial charge in [-0.3, -0.25) is 9.88 Å². The summed E-state index contributed by atoms with van der Waals surface area (Å²) in [6.45, 7) is 0. The average Bonchev–Trinajstić information content (AvgIpc) is 2.45. The average molecular weight is 299 g/mol. The van der Waals surface area contributed by atoms with Gasteiger partial charge in [-0.1, -0.05) is 5.16 Å². The minimum Gasteiger partial charge on any atom is -0.410 e. The highest BCUT2D eigenvalue weighted by atomic mass is 19.4. The molecule has 0 fully saturated rings. The van der Waals surface area contributed by atoms with Gasteiger partial charge in [0.25, 0.3) is 0 Å². The van der Waals surface area contributed by atoms with Gasteiger partial charge < -0.3 is 5.21 Å². The molecule has 110 valence electrons. The molecule has 1 heterocycles. The van der Waals surface area contributed by atoms with E-state index >= 15 is 0 Å². The van der Waals surface area contributed by atoms with Crippen LogP contribution in [0, 0.1) is 5.82 Å². The number of hydrogen-bond donors (Lipinski definition) is 1. The molecule has 0 bridgehead atoms. The van der Waals surface area contributed by atoms with Gasteiger partial charge in [0.2, 0.25) is 0 Å². The fourth-order valence-corrected chi connectivity index (χ4v) is 1.70. The van der Waals surface area contributed by atoms with Crippen LogP contribution in [0.3, 0.4) is 0 Å². The molecular formula is C13H9F4N3O. The molecule has 8 heteroatoms. The highest BCUT2D eigenvalue weighted by Gasteiger charge is 2.31. The lowest BCUT2D eigenvalue weighted by atomic mass is 10.1. The number of nitrogens with zero attached hydrogens (tertiary/aromatic N) is 3. The Labute approximate surface area is 117 Å². The summed E-state index contributed by atoms with van der Waals surface area (Å²) < 4.78 is 52.0. The van der Waals surface area contributed by atoms with Crippen LogP contribution in [0.5, 0.6) is 0 Å². The minimum atomic E-state index is -4.61. The molecule has 21 heavy (non-hydrogen) atoms. The molecule has 2 aromatic rings. The maximum atomic E-state index is 13.8. The van der Waals surface area contributed by atoms with E-state index in [2.05, 4.69) is 10.1 Å². The molecule has 0 spiro atoms. The summed E-state index contributed by atoms with van der Waals surface area (Å²) in [5, 5.41) is 11.4. The number of oxime groups is 1. The number of aromatic nitrogens is 1. The number of alkyl halides is 3. The third-order valence-electron chi connectivity index (χ3n) is 2.64. The Kier molecular flexibility index (Phi) is 4.06. The van der Waals surface area contributed by atoms with Crippen LogP contribution in [0.2, 0.25) is 0 Å². The Morgan fingerprint density at radius 1 is 1.14 bits per heavy atom. The van der Waals surface area contributed by atoms with Crippen LogP contribution in [-0.4, -0.2) is 16.5 Å². The first kappa shape index (κ1) is 14.8. The van der Waals surface area contributed by atoms with E-state index in [1.54, 1.807) is 0 Å². The van der Waals surface area contributed by atoms with Crippen LogP contribution in [-0.2, 0) is 6.18 Å². The Hall–Kier alpha value is -2.64. The summed E-state index contributed by atoms with van der Waals surface area (Å²) in [4.78, 5) is 4.73. The van der Waals surface area contributed by atoms with Crippen molar-refractivity contribution in [3.63, 3.8) is 0 Å². The Bertz CT molecular complexity index is 644. The monoisotopic (exact) mass is 299 g/mol. The van der Waals surface area contributed by atoms with Crippen molar-refractivity contribution in [2.75, 3.05) is 4.90 Å². The van der Waals surface area contributed by atoms with Crippen LogP contribution in [0.15, 0.2) is 47.9 Å². The fraction of sp³-hybridized carbons (Fsp3) is 0.0769. The summed E-state index contributed by atoms with van der Waals surface area (Å²) in [6, 6.07) is 4.84. The van der Waals surface area contributed by atoms with Crippen molar-refractivity contribution in [3.8, 4) is 0 Å². The first-order valence-corrected chi connectivity index (χ1v) is 5.67. The molecule has 0 radical (unpaired) electrons.